The summed E-state index contributed by atoms with van der Waals surface area (Å²) in [6, 6.07) is 0.216. The second kappa shape index (κ2) is 11.3. The zero-order chi connectivity index (χ0) is 21.5. The molecule has 0 heterocycles. The predicted octanol–water partition coefficient (Wildman–Crippen LogP) is 5.38. The second-order valence-electron chi connectivity index (χ2n) is 8.49. The number of aliphatic hydroxyl groups excluding tert-OH is 1. The molecule has 0 atom stereocenters. The molecule has 0 saturated heterocycles. The van der Waals surface area contributed by atoms with Crippen LogP contribution in [0.15, 0.2) is 22.1 Å². The summed E-state index contributed by atoms with van der Waals surface area (Å²) in [5.74, 6) is -0.100. The number of hydrogen-bond acceptors (Lipinski definition) is 3. The van der Waals surface area contributed by atoms with E-state index in [1.807, 2.05) is 44.5 Å². The van der Waals surface area contributed by atoms with Crippen LogP contribution in [0.2, 0.25) is 0 Å². The molecular formula is C22H38BrFN2O2. The normalized spacial score (nSPS) is 22.0. The fourth-order valence-electron chi connectivity index (χ4n) is 3.57. The Labute approximate surface area is 179 Å². The molecule has 1 aliphatic rings. The van der Waals surface area contributed by atoms with Crippen molar-refractivity contribution < 1.29 is 14.3 Å². The van der Waals surface area contributed by atoms with Crippen molar-refractivity contribution in [2.45, 2.75) is 85.3 Å². The Morgan fingerprint density at radius 3 is 2.32 bits per heavy atom. The lowest BCUT2D eigenvalue weighted by Gasteiger charge is -2.40. The van der Waals surface area contributed by atoms with Crippen LogP contribution >= 0.6 is 15.9 Å². The van der Waals surface area contributed by atoms with E-state index >= 15 is 0 Å². The number of aliphatic hydroxyl groups is 1. The topological polar surface area (TPSA) is 43.8 Å². The van der Waals surface area contributed by atoms with Gasteiger partial charge < -0.3 is 14.9 Å². The molecular weight excluding hydrogens is 423 g/mol. The fraction of sp³-hybridized carbons (Fsp3) is 0.773. The molecule has 0 aromatic heterocycles. The number of rotatable bonds is 9. The molecule has 1 saturated carbocycles. The number of amides is 1. The van der Waals surface area contributed by atoms with Crippen molar-refractivity contribution in [2.24, 2.45) is 5.41 Å². The molecule has 162 valence electrons. The first-order valence-electron chi connectivity index (χ1n) is 10.5. The maximum atomic E-state index is 14.4. The van der Waals surface area contributed by atoms with E-state index < -0.39 is 5.41 Å². The standard InChI is InChI=1S/C22H38BrFN2O2/c1-7-17(23)15-20(24)16(3)25(6)14-13-22(4,5)21(28)26(8-2)18-9-11-19(27)12-10-18/h15,18-19,27H,7-14H2,1-6H3/b17-15+,20-16-. The number of allylic oxidation sites excluding steroid dienone is 4. The van der Waals surface area contributed by atoms with Crippen LogP contribution < -0.4 is 0 Å². The number of hydrogen-bond donors (Lipinski definition) is 1. The zero-order valence-electron chi connectivity index (χ0n) is 18.4. The van der Waals surface area contributed by atoms with Gasteiger partial charge in [0.25, 0.3) is 0 Å². The first kappa shape index (κ1) is 25.2. The Morgan fingerprint density at radius 1 is 1.25 bits per heavy atom. The highest BCUT2D eigenvalue weighted by atomic mass is 79.9. The van der Waals surface area contributed by atoms with Gasteiger partial charge in [-0.25, -0.2) is 4.39 Å². The summed E-state index contributed by atoms with van der Waals surface area (Å²) >= 11 is 3.35. The maximum Gasteiger partial charge on any atom is 0.228 e. The highest BCUT2D eigenvalue weighted by molar-refractivity contribution is 9.11. The molecule has 0 radical (unpaired) electrons. The molecule has 1 amide bonds. The lowest BCUT2D eigenvalue weighted by molar-refractivity contribution is -0.144. The van der Waals surface area contributed by atoms with Crippen molar-refractivity contribution in [2.75, 3.05) is 20.1 Å². The summed E-state index contributed by atoms with van der Waals surface area (Å²) in [5.41, 5.74) is 0.0546. The molecule has 6 heteroatoms. The Hall–Kier alpha value is -0.880. The van der Waals surface area contributed by atoms with Gasteiger partial charge in [0.2, 0.25) is 5.91 Å². The summed E-state index contributed by atoms with van der Waals surface area (Å²) in [7, 11) is 1.86. The van der Waals surface area contributed by atoms with Gasteiger partial charge in [0.15, 0.2) is 0 Å². The number of nitrogens with zero attached hydrogens (tertiary/aromatic N) is 2. The third kappa shape index (κ3) is 7.18. The van der Waals surface area contributed by atoms with Gasteiger partial charge in [-0.1, -0.05) is 36.7 Å². The zero-order valence-corrected chi connectivity index (χ0v) is 20.0. The largest absolute Gasteiger partial charge is 0.393 e. The smallest absolute Gasteiger partial charge is 0.228 e. The molecule has 0 bridgehead atoms. The van der Waals surface area contributed by atoms with E-state index in [0.717, 1.165) is 36.6 Å². The van der Waals surface area contributed by atoms with Crippen LogP contribution in [0, 0.1) is 5.41 Å². The van der Waals surface area contributed by atoms with E-state index in [0.29, 0.717) is 25.2 Å². The highest BCUT2D eigenvalue weighted by Crippen LogP contribution is 2.30. The van der Waals surface area contributed by atoms with E-state index in [4.69, 9.17) is 0 Å². The predicted molar refractivity (Wildman–Crippen MR) is 118 cm³/mol. The number of carbonyl (C=O) groups excluding carboxylic acids is 1. The van der Waals surface area contributed by atoms with Crippen LogP contribution in [0.4, 0.5) is 4.39 Å². The van der Waals surface area contributed by atoms with Gasteiger partial charge in [-0.2, -0.15) is 0 Å². The van der Waals surface area contributed by atoms with E-state index in [-0.39, 0.29) is 23.9 Å². The fourth-order valence-corrected chi connectivity index (χ4v) is 3.78. The summed E-state index contributed by atoms with van der Waals surface area (Å²) in [4.78, 5) is 17.1. The third-order valence-corrected chi connectivity index (χ3v) is 6.69. The molecule has 0 aromatic carbocycles. The summed E-state index contributed by atoms with van der Waals surface area (Å²) in [6.45, 7) is 11.0. The molecule has 0 unspecified atom stereocenters. The average molecular weight is 461 g/mol. The van der Waals surface area contributed by atoms with Gasteiger partial charge in [0, 0.05) is 37.3 Å². The lowest BCUT2D eigenvalue weighted by Crippen LogP contribution is -2.48. The van der Waals surface area contributed by atoms with Crippen molar-refractivity contribution in [3.63, 3.8) is 0 Å². The molecule has 28 heavy (non-hydrogen) atoms. The van der Waals surface area contributed by atoms with Gasteiger partial charge in [0.1, 0.15) is 5.83 Å². The minimum Gasteiger partial charge on any atom is -0.393 e. The molecule has 1 N–H and O–H groups in total. The minimum absolute atomic E-state index is 0.153. The van der Waals surface area contributed by atoms with Crippen molar-refractivity contribution in [3.05, 3.63) is 22.1 Å². The highest BCUT2D eigenvalue weighted by Gasteiger charge is 2.36. The third-order valence-electron chi connectivity index (χ3n) is 5.90. The Kier molecular flexibility index (Phi) is 10.2. The monoisotopic (exact) mass is 460 g/mol. The Balaban J connectivity index is 2.75. The number of carbonyl (C=O) groups is 1. The van der Waals surface area contributed by atoms with Gasteiger partial charge in [-0.3, -0.25) is 4.79 Å². The van der Waals surface area contributed by atoms with Crippen LogP contribution in [-0.4, -0.2) is 53.1 Å². The molecule has 1 rings (SSSR count). The summed E-state index contributed by atoms with van der Waals surface area (Å²) in [6.07, 6.45) is 5.94. The van der Waals surface area contributed by atoms with Crippen molar-refractivity contribution >= 4 is 21.8 Å². The lowest BCUT2D eigenvalue weighted by atomic mass is 9.84. The Bertz CT molecular complexity index is 581. The van der Waals surface area contributed by atoms with Crippen molar-refractivity contribution in [1.29, 1.82) is 0 Å². The minimum atomic E-state index is -0.517. The summed E-state index contributed by atoms with van der Waals surface area (Å²) < 4.78 is 15.2. The van der Waals surface area contributed by atoms with E-state index in [1.54, 1.807) is 6.92 Å². The first-order chi connectivity index (χ1) is 13.0. The van der Waals surface area contributed by atoms with Crippen molar-refractivity contribution in [1.82, 2.24) is 9.80 Å². The van der Waals surface area contributed by atoms with Crippen LogP contribution in [0.1, 0.15) is 73.1 Å². The van der Waals surface area contributed by atoms with Crippen molar-refractivity contribution in [3.8, 4) is 0 Å². The molecule has 1 fully saturated rings. The van der Waals surface area contributed by atoms with Crippen LogP contribution in [-0.2, 0) is 4.79 Å². The van der Waals surface area contributed by atoms with Gasteiger partial charge >= 0.3 is 0 Å². The molecule has 0 spiro atoms. The van der Waals surface area contributed by atoms with E-state index in [1.165, 1.54) is 6.08 Å². The van der Waals surface area contributed by atoms with Crippen LogP contribution in [0.25, 0.3) is 0 Å². The molecule has 1 aliphatic carbocycles. The second-order valence-corrected chi connectivity index (χ2v) is 9.51. The maximum absolute atomic E-state index is 14.4. The van der Waals surface area contributed by atoms with Gasteiger partial charge in [0.05, 0.1) is 6.10 Å². The number of halogens is 2. The average Bonchev–Trinajstić information content (AvgIpc) is 2.67. The van der Waals surface area contributed by atoms with Crippen LogP contribution in [0.5, 0.6) is 0 Å². The molecule has 4 nitrogen and oxygen atoms in total. The molecule has 0 aliphatic heterocycles. The van der Waals surface area contributed by atoms with E-state index in [9.17, 15) is 14.3 Å². The first-order valence-corrected chi connectivity index (χ1v) is 11.3. The van der Waals surface area contributed by atoms with Crippen LogP contribution in [0.3, 0.4) is 0 Å². The van der Waals surface area contributed by atoms with Gasteiger partial charge in [-0.05, 0) is 62.9 Å². The van der Waals surface area contributed by atoms with Gasteiger partial charge in [-0.15, -0.1) is 0 Å². The Morgan fingerprint density at radius 2 is 1.82 bits per heavy atom. The summed E-state index contributed by atoms with van der Waals surface area (Å²) in [5, 5.41) is 9.74. The SMILES string of the molecule is CC/C(Br)=C\C(F)=C(/C)N(C)CCC(C)(C)C(=O)N(CC)C1CCC(O)CC1. The quantitative estimate of drug-likeness (QED) is 0.469. The van der Waals surface area contributed by atoms with E-state index in [2.05, 4.69) is 15.9 Å². The molecule has 0 aromatic rings.